The van der Waals surface area contributed by atoms with Gasteiger partial charge in [-0.25, -0.2) is 4.98 Å². The summed E-state index contributed by atoms with van der Waals surface area (Å²) in [5.74, 6) is 0. The molecule has 1 fully saturated rings. The third-order valence-electron chi connectivity index (χ3n) is 3.68. The van der Waals surface area contributed by atoms with Crippen molar-refractivity contribution in [3.8, 4) is 0 Å². The molecule has 0 aromatic carbocycles. The summed E-state index contributed by atoms with van der Waals surface area (Å²) < 4.78 is 0. The quantitative estimate of drug-likeness (QED) is 0.804. The van der Waals surface area contributed by atoms with E-state index >= 15 is 0 Å². The Hall–Kier alpha value is -0.410. The fraction of sp³-hybridized carbons (Fsp3) is 0.800. The highest BCUT2D eigenvalue weighted by Gasteiger charge is 2.16. The summed E-state index contributed by atoms with van der Waals surface area (Å²) in [7, 11) is 0. The zero-order chi connectivity index (χ0) is 12.8. The predicted molar refractivity (Wildman–Crippen MR) is 79.2 cm³/mol. The number of rotatable bonds is 7. The van der Waals surface area contributed by atoms with Crippen LogP contribution in [-0.2, 0) is 19.4 Å². The Labute approximate surface area is 115 Å². The molecule has 18 heavy (non-hydrogen) atoms. The van der Waals surface area contributed by atoms with Gasteiger partial charge in [-0.2, -0.15) is 0 Å². The average molecular weight is 266 g/mol. The minimum absolute atomic E-state index is 0.760. The Morgan fingerprint density at radius 2 is 1.89 bits per heavy atom. The molecule has 102 valence electrons. The number of hydrogen-bond donors (Lipinski definition) is 1. The van der Waals surface area contributed by atoms with Gasteiger partial charge in [-0.1, -0.05) is 33.1 Å². The largest absolute Gasteiger partial charge is 0.309 e. The van der Waals surface area contributed by atoms with E-state index in [-0.39, 0.29) is 0 Å². The van der Waals surface area contributed by atoms with E-state index in [4.69, 9.17) is 4.98 Å². The molecule has 0 spiro atoms. The number of thiazole rings is 1. The van der Waals surface area contributed by atoms with Crippen molar-refractivity contribution in [2.24, 2.45) is 0 Å². The molecule has 1 aromatic heterocycles. The first kappa shape index (κ1) is 14.0. The van der Waals surface area contributed by atoms with Crippen LogP contribution in [0.4, 0.5) is 0 Å². The SMILES string of the molecule is CCCc1nc(CCC)c(CNC2CCCC2)s1. The monoisotopic (exact) mass is 266 g/mol. The van der Waals surface area contributed by atoms with Gasteiger partial charge in [0.2, 0.25) is 0 Å². The van der Waals surface area contributed by atoms with E-state index in [0.717, 1.165) is 25.4 Å². The van der Waals surface area contributed by atoms with Gasteiger partial charge in [-0.05, 0) is 32.1 Å². The lowest BCUT2D eigenvalue weighted by molar-refractivity contribution is 0.525. The smallest absolute Gasteiger partial charge is 0.0931 e. The van der Waals surface area contributed by atoms with Crippen molar-refractivity contribution in [3.05, 3.63) is 15.6 Å². The maximum absolute atomic E-state index is 4.81. The van der Waals surface area contributed by atoms with Crippen LogP contribution < -0.4 is 5.32 Å². The lowest BCUT2D eigenvalue weighted by atomic mass is 10.2. The van der Waals surface area contributed by atoms with Crippen LogP contribution in [0, 0.1) is 0 Å². The van der Waals surface area contributed by atoms with Crippen LogP contribution in [0.25, 0.3) is 0 Å². The fourth-order valence-corrected chi connectivity index (χ4v) is 3.86. The highest BCUT2D eigenvalue weighted by atomic mass is 32.1. The number of aryl methyl sites for hydroxylation is 2. The second-order valence-electron chi connectivity index (χ2n) is 5.34. The van der Waals surface area contributed by atoms with Crippen molar-refractivity contribution in [3.63, 3.8) is 0 Å². The Balaban J connectivity index is 1.95. The molecule has 1 N–H and O–H groups in total. The van der Waals surface area contributed by atoms with E-state index in [1.807, 2.05) is 11.3 Å². The van der Waals surface area contributed by atoms with Gasteiger partial charge in [0, 0.05) is 17.5 Å². The van der Waals surface area contributed by atoms with Gasteiger partial charge in [0.05, 0.1) is 10.7 Å². The van der Waals surface area contributed by atoms with Gasteiger partial charge in [-0.15, -0.1) is 11.3 Å². The van der Waals surface area contributed by atoms with E-state index < -0.39 is 0 Å². The number of nitrogens with one attached hydrogen (secondary N) is 1. The highest BCUT2D eigenvalue weighted by Crippen LogP contribution is 2.23. The van der Waals surface area contributed by atoms with Crippen molar-refractivity contribution in [2.75, 3.05) is 0 Å². The molecule has 1 aromatic rings. The summed E-state index contributed by atoms with van der Waals surface area (Å²) in [6.07, 6.45) is 10.2. The first-order valence-electron chi connectivity index (χ1n) is 7.54. The summed E-state index contributed by atoms with van der Waals surface area (Å²) in [5, 5.41) is 5.06. The first-order valence-corrected chi connectivity index (χ1v) is 8.36. The molecule has 2 nitrogen and oxygen atoms in total. The van der Waals surface area contributed by atoms with Crippen LogP contribution in [0.3, 0.4) is 0 Å². The Morgan fingerprint density at radius 3 is 2.56 bits per heavy atom. The molecule has 0 aliphatic heterocycles. The van der Waals surface area contributed by atoms with E-state index in [9.17, 15) is 0 Å². The van der Waals surface area contributed by atoms with E-state index in [1.54, 1.807) is 0 Å². The molecule has 0 atom stereocenters. The minimum Gasteiger partial charge on any atom is -0.309 e. The maximum atomic E-state index is 4.81. The van der Waals surface area contributed by atoms with Gasteiger partial charge in [-0.3, -0.25) is 0 Å². The molecule has 0 amide bonds. The van der Waals surface area contributed by atoms with E-state index in [0.29, 0.717) is 0 Å². The Kier molecular flexibility index (Phi) is 5.64. The van der Waals surface area contributed by atoms with Crippen LogP contribution in [-0.4, -0.2) is 11.0 Å². The van der Waals surface area contributed by atoms with Gasteiger partial charge in [0.1, 0.15) is 0 Å². The van der Waals surface area contributed by atoms with Crippen molar-refractivity contribution >= 4 is 11.3 Å². The summed E-state index contributed by atoms with van der Waals surface area (Å²) in [4.78, 5) is 6.31. The second-order valence-corrected chi connectivity index (χ2v) is 6.51. The topological polar surface area (TPSA) is 24.9 Å². The van der Waals surface area contributed by atoms with Crippen LogP contribution >= 0.6 is 11.3 Å². The highest BCUT2D eigenvalue weighted by molar-refractivity contribution is 7.11. The molecular weight excluding hydrogens is 240 g/mol. The summed E-state index contributed by atoms with van der Waals surface area (Å²) >= 11 is 1.93. The lowest BCUT2D eigenvalue weighted by Gasteiger charge is -2.11. The molecule has 3 heteroatoms. The summed E-state index contributed by atoms with van der Waals surface area (Å²) in [6, 6.07) is 0.760. The van der Waals surface area contributed by atoms with Crippen molar-refractivity contribution in [2.45, 2.75) is 77.8 Å². The summed E-state index contributed by atoms with van der Waals surface area (Å²) in [5.41, 5.74) is 1.36. The third-order valence-corrected chi connectivity index (χ3v) is 4.84. The molecule has 1 heterocycles. The molecule has 1 aliphatic carbocycles. The van der Waals surface area contributed by atoms with Crippen LogP contribution in [0.15, 0.2) is 0 Å². The number of aromatic nitrogens is 1. The third kappa shape index (κ3) is 3.79. The van der Waals surface area contributed by atoms with E-state index in [1.165, 1.54) is 54.1 Å². The normalized spacial score (nSPS) is 16.6. The molecule has 0 radical (unpaired) electrons. The fourth-order valence-electron chi connectivity index (χ4n) is 2.69. The van der Waals surface area contributed by atoms with Crippen molar-refractivity contribution < 1.29 is 0 Å². The molecule has 1 aliphatic rings. The van der Waals surface area contributed by atoms with Crippen LogP contribution in [0.2, 0.25) is 0 Å². The van der Waals surface area contributed by atoms with Crippen LogP contribution in [0.5, 0.6) is 0 Å². The zero-order valence-corrected chi connectivity index (χ0v) is 12.6. The second kappa shape index (κ2) is 7.25. The molecule has 1 saturated carbocycles. The average Bonchev–Trinajstić information content (AvgIpc) is 2.97. The predicted octanol–water partition coefficient (Wildman–Crippen LogP) is 4.08. The van der Waals surface area contributed by atoms with Gasteiger partial charge >= 0.3 is 0 Å². The van der Waals surface area contributed by atoms with E-state index in [2.05, 4.69) is 19.2 Å². The molecular formula is C15H26N2S. The Bertz CT molecular complexity index is 353. The molecule has 0 bridgehead atoms. The summed E-state index contributed by atoms with van der Waals surface area (Å²) in [6.45, 7) is 5.52. The van der Waals surface area contributed by atoms with Crippen LogP contribution in [0.1, 0.15) is 68.0 Å². The van der Waals surface area contributed by atoms with Crippen molar-refractivity contribution in [1.82, 2.24) is 10.3 Å². The lowest BCUT2D eigenvalue weighted by Crippen LogP contribution is -2.25. The zero-order valence-electron chi connectivity index (χ0n) is 11.8. The molecule has 0 unspecified atom stereocenters. The number of nitrogens with zero attached hydrogens (tertiary/aromatic N) is 1. The Morgan fingerprint density at radius 1 is 1.17 bits per heavy atom. The standard InChI is InChI=1S/C15H26N2S/c1-3-7-13-14(18-15(17-13)8-4-2)11-16-12-9-5-6-10-12/h12,16H,3-11H2,1-2H3. The maximum Gasteiger partial charge on any atom is 0.0931 e. The van der Waals surface area contributed by atoms with Gasteiger partial charge in [0.15, 0.2) is 0 Å². The van der Waals surface area contributed by atoms with Gasteiger partial charge < -0.3 is 5.32 Å². The van der Waals surface area contributed by atoms with Gasteiger partial charge in [0.25, 0.3) is 0 Å². The number of hydrogen-bond acceptors (Lipinski definition) is 3. The first-order chi connectivity index (χ1) is 8.83. The minimum atomic E-state index is 0.760. The molecule has 2 rings (SSSR count). The molecule has 0 saturated heterocycles. The van der Waals surface area contributed by atoms with Crippen molar-refractivity contribution in [1.29, 1.82) is 0 Å².